The van der Waals surface area contributed by atoms with Crippen LogP contribution < -0.4 is 10.5 Å². The third-order valence-corrected chi connectivity index (χ3v) is 3.74. The Morgan fingerprint density at radius 3 is 2.44 bits per heavy atom. The molecule has 0 amide bonds. The van der Waals surface area contributed by atoms with Crippen molar-refractivity contribution in [1.29, 1.82) is 0 Å². The smallest absolute Gasteiger partial charge is 0.122 e. The Morgan fingerprint density at radius 2 is 1.78 bits per heavy atom. The van der Waals surface area contributed by atoms with Gasteiger partial charge in [0.25, 0.3) is 0 Å². The van der Waals surface area contributed by atoms with Gasteiger partial charge in [0.1, 0.15) is 12.4 Å². The molecule has 0 unspecified atom stereocenters. The third kappa shape index (κ3) is 3.31. The molecule has 0 heterocycles. The number of nitrogens with two attached hydrogens (primary N) is 1. The molecule has 5 heteroatoms. The predicted molar refractivity (Wildman–Crippen MR) is 79.3 cm³/mol. The van der Waals surface area contributed by atoms with E-state index >= 15 is 0 Å². The molecule has 0 atom stereocenters. The van der Waals surface area contributed by atoms with Crippen molar-refractivity contribution in [3.63, 3.8) is 0 Å². The molecule has 0 saturated carbocycles. The Labute approximate surface area is 124 Å². The van der Waals surface area contributed by atoms with Crippen LogP contribution in [0, 0.1) is 0 Å². The highest BCUT2D eigenvalue weighted by Gasteiger charge is 2.05. The van der Waals surface area contributed by atoms with Crippen LogP contribution in [-0.4, -0.2) is 0 Å². The van der Waals surface area contributed by atoms with Gasteiger partial charge in [-0.2, -0.15) is 0 Å². The lowest BCUT2D eigenvalue weighted by molar-refractivity contribution is 0.305. The maximum atomic E-state index is 5.89. The summed E-state index contributed by atoms with van der Waals surface area (Å²) in [7, 11) is 0. The second kappa shape index (κ2) is 5.83. The Hall–Kier alpha value is -0.900. The van der Waals surface area contributed by atoms with E-state index in [1.165, 1.54) is 0 Å². The zero-order chi connectivity index (χ0) is 13.1. The topological polar surface area (TPSA) is 35.2 Å². The first-order valence-corrected chi connectivity index (χ1v) is 6.73. The van der Waals surface area contributed by atoms with Gasteiger partial charge in [0.05, 0.1) is 0 Å². The summed E-state index contributed by atoms with van der Waals surface area (Å²) in [5.41, 5.74) is 7.44. The standard InChI is InChI=1S/C13H10BrCl2NO/c14-13-8(2-1-3-12(13)17)7-18-11-5-9(15)4-10(16)6-11/h1-6H,7,17H2. The average Bonchev–Trinajstić information content (AvgIpc) is 2.30. The summed E-state index contributed by atoms with van der Waals surface area (Å²) in [5.74, 6) is 0.627. The molecule has 0 aliphatic heterocycles. The summed E-state index contributed by atoms with van der Waals surface area (Å²) in [6.45, 7) is 0.391. The molecular weight excluding hydrogens is 337 g/mol. The van der Waals surface area contributed by atoms with Crippen molar-refractivity contribution in [3.05, 3.63) is 56.5 Å². The van der Waals surface area contributed by atoms with E-state index in [9.17, 15) is 0 Å². The normalized spacial score (nSPS) is 10.4. The number of anilines is 1. The van der Waals surface area contributed by atoms with E-state index in [0.717, 1.165) is 10.0 Å². The molecule has 2 N–H and O–H groups in total. The second-order valence-electron chi connectivity index (χ2n) is 3.71. The molecule has 18 heavy (non-hydrogen) atoms. The molecule has 0 radical (unpaired) electrons. The van der Waals surface area contributed by atoms with E-state index in [-0.39, 0.29) is 0 Å². The van der Waals surface area contributed by atoms with Gasteiger partial charge in [-0.1, -0.05) is 35.3 Å². The van der Waals surface area contributed by atoms with Crippen molar-refractivity contribution in [2.24, 2.45) is 0 Å². The monoisotopic (exact) mass is 345 g/mol. The van der Waals surface area contributed by atoms with Crippen LogP contribution in [0.3, 0.4) is 0 Å². The minimum absolute atomic E-state index is 0.391. The van der Waals surface area contributed by atoms with E-state index in [1.807, 2.05) is 18.2 Å². The lowest BCUT2D eigenvalue weighted by atomic mass is 10.2. The summed E-state index contributed by atoms with van der Waals surface area (Å²) < 4.78 is 6.48. The molecule has 0 spiro atoms. The number of hydrogen-bond acceptors (Lipinski definition) is 2. The molecule has 0 aliphatic rings. The number of benzene rings is 2. The molecule has 0 saturated heterocycles. The van der Waals surface area contributed by atoms with Crippen molar-refractivity contribution in [1.82, 2.24) is 0 Å². The van der Waals surface area contributed by atoms with Crippen molar-refractivity contribution in [2.75, 3.05) is 5.73 Å². The summed E-state index contributed by atoms with van der Waals surface area (Å²) in [6.07, 6.45) is 0. The molecule has 0 bridgehead atoms. The fourth-order valence-electron chi connectivity index (χ4n) is 1.48. The van der Waals surface area contributed by atoms with Gasteiger partial charge in [-0.05, 0) is 40.2 Å². The number of halogens is 3. The van der Waals surface area contributed by atoms with Gasteiger partial charge in [-0.3, -0.25) is 0 Å². The van der Waals surface area contributed by atoms with Crippen LogP contribution >= 0.6 is 39.1 Å². The van der Waals surface area contributed by atoms with Crippen molar-refractivity contribution in [2.45, 2.75) is 6.61 Å². The maximum Gasteiger partial charge on any atom is 0.122 e. The first-order valence-electron chi connectivity index (χ1n) is 5.18. The van der Waals surface area contributed by atoms with Gasteiger partial charge in [0.2, 0.25) is 0 Å². The molecule has 0 aliphatic carbocycles. The number of rotatable bonds is 3. The van der Waals surface area contributed by atoms with Crippen LogP contribution in [0.5, 0.6) is 5.75 Å². The van der Waals surface area contributed by atoms with Crippen LogP contribution in [-0.2, 0) is 6.61 Å². The van der Waals surface area contributed by atoms with E-state index in [4.69, 9.17) is 33.7 Å². The molecule has 2 rings (SSSR count). The Bertz CT molecular complexity index is 555. The summed E-state index contributed by atoms with van der Waals surface area (Å²) >= 11 is 15.2. The van der Waals surface area contributed by atoms with Crippen LogP contribution in [0.1, 0.15) is 5.56 Å². The minimum Gasteiger partial charge on any atom is -0.489 e. The SMILES string of the molecule is Nc1cccc(COc2cc(Cl)cc(Cl)c2)c1Br. The fourth-order valence-corrected chi connectivity index (χ4v) is 2.37. The lowest BCUT2D eigenvalue weighted by Crippen LogP contribution is -1.98. The molecule has 0 aromatic heterocycles. The highest BCUT2D eigenvalue weighted by molar-refractivity contribution is 9.10. The Balaban J connectivity index is 2.14. The van der Waals surface area contributed by atoms with E-state index in [2.05, 4.69) is 15.9 Å². The van der Waals surface area contributed by atoms with Gasteiger partial charge in [0, 0.05) is 25.8 Å². The number of nitrogen functional groups attached to an aromatic ring is 1. The average molecular weight is 347 g/mol. The fraction of sp³-hybridized carbons (Fsp3) is 0.0769. The largest absolute Gasteiger partial charge is 0.489 e. The molecule has 2 aromatic carbocycles. The van der Waals surface area contributed by atoms with Gasteiger partial charge in [0.15, 0.2) is 0 Å². The van der Waals surface area contributed by atoms with Gasteiger partial charge < -0.3 is 10.5 Å². The first kappa shape index (κ1) is 13.5. The summed E-state index contributed by atoms with van der Waals surface area (Å²) in [4.78, 5) is 0. The number of hydrogen-bond donors (Lipinski definition) is 1. The predicted octanol–water partition coefficient (Wildman–Crippen LogP) is 4.92. The summed E-state index contributed by atoms with van der Waals surface area (Å²) in [6, 6.07) is 10.7. The Kier molecular flexibility index (Phi) is 4.38. The van der Waals surface area contributed by atoms with Crippen LogP contribution in [0.25, 0.3) is 0 Å². The Morgan fingerprint density at radius 1 is 1.11 bits per heavy atom. The third-order valence-electron chi connectivity index (χ3n) is 2.34. The second-order valence-corrected chi connectivity index (χ2v) is 5.38. The molecule has 2 aromatic rings. The van der Waals surface area contributed by atoms with Gasteiger partial charge >= 0.3 is 0 Å². The first-order chi connectivity index (χ1) is 8.56. The van der Waals surface area contributed by atoms with Crippen LogP contribution in [0.4, 0.5) is 5.69 Å². The zero-order valence-corrected chi connectivity index (χ0v) is 12.4. The molecule has 0 fully saturated rings. The zero-order valence-electron chi connectivity index (χ0n) is 9.29. The number of ether oxygens (including phenoxy) is 1. The van der Waals surface area contributed by atoms with Gasteiger partial charge in [-0.25, -0.2) is 0 Å². The maximum absolute atomic E-state index is 5.89. The van der Waals surface area contributed by atoms with E-state index in [1.54, 1.807) is 18.2 Å². The van der Waals surface area contributed by atoms with Gasteiger partial charge in [-0.15, -0.1) is 0 Å². The van der Waals surface area contributed by atoms with Crippen molar-refractivity contribution in [3.8, 4) is 5.75 Å². The van der Waals surface area contributed by atoms with Crippen LogP contribution in [0.15, 0.2) is 40.9 Å². The lowest BCUT2D eigenvalue weighted by Gasteiger charge is -2.10. The minimum atomic E-state index is 0.391. The van der Waals surface area contributed by atoms with Crippen molar-refractivity contribution >= 4 is 44.8 Å². The molecule has 2 nitrogen and oxygen atoms in total. The van der Waals surface area contributed by atoms with E-state index in [0.29, 0.717) is 28.1 Å². The molecule has 94 valence electrons. The highest BCUT2D eigenvalue weighted by atomic mass is 79.9. The molecular formula is C13H10BrCl2NO. The summed E-state index contributed by atoms with van der Waals surface area (Å²) in [5, 5.41) is 1.09. The van der Waals surface area contributed by atoms with Crippen molar-refractivity contribution < 1.29 is 4.74 Å². The van der Waals surface area contributed by atoms with Crippen LogP contribution in [0.2, 0.25) is 10.0 Å². The quantitative estimate of drug-likeness (QED) is 0.801. The highest BCUT2D eigenvalue weighted by Crippen LogP contribution is 2.27. The van der Waals surface area contributed by atoms with E-state index < -0.39 is 0 Å².